The first-order valence-corrected chi connectivity index (χ1v) is 7.58. The molecular weight excluding hydrogens is 232 g/mol. The molecule has 2 heteroatoms. The Bertz CT molecular complexity index is 426. The summed E-state index contributed by atoms with van der Waals surface area (Å²) in [5, 5.41) is 3.69. The number of benzene rings is 1. The standard InChI is InChI=1S/C17H26N2/c1-13-10-18-16(14-7-5-4-6-8-14)12-19(13)11-15-9-17(15,2)3/h4-8,13,15-16,18H,9-12H2,1-3H3. The van der Waals surface area contributed by atoms with Gasteiger partial charge >= 0.3 is 0 Å². The van der Waals surface area contributed by atoms with Crippen LogP contribution in [0.25, 0.3) is 0 Å². The van der Waals surface area contributed by atoms with E-state index in [1.54, 1.807) is 0 Å². The van der Waals surface area contributed by atoms with Crippen LogP contribution in [0.1, 0.15) is 38.8 Å². The molecule has 3 unspecified atom stereocenters. The Balaban J connectivity index is 1.64. The first-order valence-electron chi connectivity index (χ1n) is 7.58. The molecule has 1 saturated heterocycles. The van der Waals surface area contributed by atoms with Crippen molar-refractivity contribution < 1.29 is 0 Å². The molecular formula is C17H26N2. The fourth-order valence-electron chi connectivity index (χ4n) is 3.25. The summed E-state index contributed by atoms with van der Waals surface area (Å²) in [7, 11) is 0. The third-order valence-electron chi connectivity index (χ3n) is 5.07. The zero-order valence-electron chi connectivity index (χ0n) is 12.4. The highest BCUT2D eigenvalue weighted by Crippen LogP contribution is 2.52. The molecule has 1 aliphatic carbocycles. The largest absolute Gasteiger partial charge is 0.307 e. The molecule has 2 fully saturated rings. The van der Waals surface area contributed by atoms with E-state index in [9.17, 15) is 0 Å². The predicted octanol–water partition coefficient (Wildman–Crippen LogP) is 3.07. The highest BCUT2D eigenvalue weighted by atomic mass is 15.2. The van der Waals surface area contributed by atoms with Crippen LogP contribution < -0.4 is 5.32 Å². The van der Waals surface area contributed by atoms with Gasteiger partial charge in [-0.2, -0.15) is 0 Å². The maximum absolute atomic E-state index is 3.69. The van der Waals surface area contributed by atoms with Crippen molar-refractivity contribution in [3.63, 3.8) is 0 Å². The lowest BCUT2D eigenvalue weighted by Crippen LogP contribution is -2.52. The van der Waals surface area contributed by atoms with Gasteiger partial charge in [0.1, 0.15) is 0 Å². The molecule has 19 heavy (non-hydrogen) atoms. The Labute approximate surface area is 117 Å². The van der Waals surface area contributed by atoms with Gasteiger partial charge in [-0.25, -0.2) is 0 Å². The number of hydrogen-bond donors (Lipinski definition) is 1. The van der Waals surface area contributed by atoms with Crippen LogP contribution in [0.15, 0.2) is 30.3 Å². The van der Waals surface area contributed by atoms with Gasteiger partial charge in [-0.3, -0.25) is 4.90 Å². The fraction of sp³-hybridized carbons (Fsp3) is 0.647. The molecule has 1 heterocycles. The van der Waals surface area contributed by atoms with Gasteiger partial charge in [0.2, 0.25) is 0 Å². The third-order valence-corrected chi connectivity index (χ3v) is 5.07. The summed E-state index contributed by atoms with van der Waals surface area (Å²) < 4.78 is 0. The monoisotopic (exact) mass is 258 g/mol. The molecule has 0 radical (unpaired) electrons. The van der Waals surface area contributed by atoms with Crippen LogP contribution in [0.3, 0.4) is 0 Å². The molecule has 1 aromatic rings. The zero-order chi connectivity index (χ0) is 13.5. The first kappa shape index (κ1) is 13.1. The van der Waals surface area contributed by atoms with Crippen molar-refractivity contribution in [2.45, 2.75) is 39.3 Å². The Kier molecular flexibility index (Phi) is 3.40. The Morgan fingerprint density at radius 1 is 1.26 bits per heavy atom. The van der Waals surface area contributed by atoms with Gasteiger partial charge in [0.05, 0.1) is 0 Å². The zero-order valence-corrected chi connectivity index (χ0v) is 12.4. The van der Waals surface area contributed by atoms with Crippen molar-refractivity contribution in [2.24, 2.45) is 11.3 Å². The molecule has 1 N–H and O–H groups in total. The minimum atomic E-state index is 0.499. The normalized spacial score (nSPS) is 34.2. The van der Waals surface area contributed by atoms with Crippen molar-refractivity contribution in [2.75, 3.05) is 19.6 Å². The van der Waals surface area contributed by atoms with Gasteiger partial charge in [-0.15, -0.1) is 0 Å². The summed E-state index contributed by atoms with van der Waals surface area (Å²) in [4.78, 5) is 2.69. The summed E-state index contributed by atoms with van der Waals surface area (Å²) in [5.74, 6) is 0.907. The molecule has 104 valence electrons. The average Bonchev–Trinajstić information content (AvgIpc) is 3.00. The molecule has 0 bridgehead atoms. The Hall–Kier alpha value is -0.860. The average molecular weight is 258 g/mol. The maximum Gasteiger partial charge on any atom is 0.0449 e. The minimum Gasteiger partial charge on any atom is -0.307 e. The second kappa shape index (κ2) is 4.92. The van der Waals surface area contributed by atoms with Crippen LogP contribution in [0.4, 0.5) is 0 Å². The van der Waals surface area contributed by atoms with E-state index in [0.29, 0.717) is 17.5 Å². The van der Waals surface area contributed by atoms with Gasteiger partial charge < -0.3 is 5.32 Å². The van der Waals surface area contributed by atoms with Crippen molar-refractivity contribution >= 4 is 0 Å². The van der Waals surface area contributed by atoms with E-state index >= 15 is 0 Å². The van der Waals surface area contributed by atoms with Gasteiger partial charge in [0, 0.05) is 31.7 Å². The maximum atomic E-state index is 3.69. The molecule has 3 rings (SSSR count). The minimum absolute atomic E-state index is 0.499. The van der Waals surface area contributed by atoms with E-state index in [2.05, 4.69) is 61.3 Å². The van der Waals surface area contributed by atoms with Crippen LogP contribution in [-0.2, 0) is 0 Å². The number of nitrogens with zero attached hydrogens (tertiary/aromatic N) is 1. The van der Waals surface area contributed by atoms with Crippen LogP contribution in [0, 0.1) is 11.3 Å². The predicted molar refractivity (Wildman–Crippen MR) is 80.1 cm³/mol. The summed E-state index contributed by atoms with van der Waals surface area (Å²) >= 11 is 0. The van der Waals surface area contributed by atoms with Gasteiger partial charge in [0.15, 0.2) is 0 Å². The van der Waals surface area contributed by atoms with Gasteiger partial charge in [-0.05, 0) is 30.2 Å². The number of nitrogens with one attached hydrogen (secondary N) is 1. The summed E-state index contributed by atoms with van der Waals surface area (Å²) in [5.41, 5.74) is 2.02. The van der Waals surface area contributed by atoms with E-state index in [1.807, 2.05) is 0 Å². The lowest BCUT2D eigenvalue weighted by atomic mass is 10.0. The molecule has 2 aliphatic rings. The van der Waals surface area contributed by atoms with E-state index in [-0.39, 0.29) is 0 Å². The second-order valence-electron chi connectivity index (χ2n) is 7.06. The van der Waals surface area contributed by atoms with Crippen LogP contribution in [-0.4, -0.2) is 30.6 Å². The van der Waals surface area contributed by atoms with Gasteiger partial charge in [-0.1, -0.05) is 44.2 Å². The lowest BCUT2D eigenvalue weighted by Gasteiger charge is -2.39. The summed E-state index contributed by atoms with van der Waals surface area (Å²) in [6.45, 7) is 10.7. The van der Waals surface area contributed by atoms with Crippen molar-refractivity contribution in [3.05, 3.63) is 35.9 Å². The number of hydrogen-bond acceptors (Lipinski definition) is 2. The van der Waals surface area contributed by atoms with Crippen LogP contribution >= 0.6 is 0 Å². The molecule has 1 aromatic carbocycles. The highest BCUT2D eigenvalue weighted by Gasteiger charge is 2.46. The topological polar surface area (TPSA) is 15.3 Å². The number of rotatable bonds is 3. The second-order valence-corrected chi connectivity index (χ2v) is 7.06. The van der Waals surface area contributed by atoms with E-state index in [4.69, 9.17) is 0 Å². The van der Waals surface area contributed by atoms with Crippen molar-refractivity contribution in [1.29, 1.82) is 0 Å². The van der Waals surface area contributed by atoms with E-state index in [0.717, 1.165) is 19.0 Å². The van der Waals surface area contributed by atoms with Crippen molar-refractivity contribution in [1.82, 2.24) is 10.2 Å². The first-order chi connectivity index (χ1) is 9.06. The molecule has 1 saturated carbocycles. The molecule has 3 atom stereocenters. The fourth-order valence-corrected chi connectivity index (χ4v) is 3.25. The van der Waals surface area contributed by atoms with Crippen molar-refractivity contribution in [3.8, 4) is 0 Å². The highest BCUT2D eigenvalue weighted by molar-refractivity contribution is 5.20. The molecule has 0 aromatic heterocycles. The van der Waals surface area contributed by atoms with E-state index in [1.165, 1.54) is 18.5 Å². The quantitative estimate of drug-likeness (QED) is 0.896. The molecule has 1 aliphatic heterocycles. The number of piperazine rings is 1. The molecule has 0 spiro atoms. The molecule has 2 nitrogen and oxygen atoms in total. The Morgan fingerprint density at radius 2 is 1.95 bits per heavy atom. The third kappa shape index (κ3) is 2.85. The van der Waals surface area contributed by atoms with E-state index < -0.39 is 0 Å². The smallest absolute Gasteiger partial charge is 0.0449 e. The van der Waals surface area contributed by atoms with Gasteiger partial charge in [0.25, 0.3) is 0 Å². The molecule has 0 amide bonds. The van der Waals surface area contributed by atoms with Crippen LogP contribution in [0.5, 0.6) is 0 Å². The lowest BCUT2D eigenvalue weighted by molar-refractivity contribution is 0.130. The Morgan fingerprint density at radius 3 is 2.58 bits per heavy atom. The summed E-state index contributed by atoms with van der Waals surface area (Å²) in [6.07, 6.45) is 1.40. The SMILES string of the molecule is CC1CNC(c2ccccc2)CN1CC1CC1(C)C. The summed E-state index contributed by atoms with van der Waals surface area (Å²) in [6, 6.07) is 12.0. The van der Waals surface area contributed by atoms with Crippen LogP contribution in [0.2, 0.25) is 0 Å².